The maximum atomic E-state index is 12.0. The van der Waals surface area contributed by atoms with Gasteiger partial charge in [-0.2, -0.15) is 0 Å². The smallest absolute Gasteiger partial charge is 0.325 e. The van der Waals surface area contributed by atoms with Gasteiger partial charge in [0.15, 0.2) is 6.61 Å². The molecule has 148 valence electrons. The Labute approximate surface area is 159 Å². The van der Waals surface area contributed by atoms with Crippen LogP contribution in [0.25, 0.3) is 0 Å². The lowest BCUT2D eigenvalue weighted by molar-refractivity contribution is -0.147. The molecule has 0 radical (unpaired) electrons. The average molecular weight is 376 g/mol. The summed E-state index contributed by atoms with van der Waals surface area (Å²) in [5.41, 5.74) is 0.404. The second-order valence-electron chi connectivity index (χ2n) is 7.01. The number of amides is 2. The summed E-state index contributed by atoms with van der Waals surface area (Å²) >= 11 is 0. The molecule has 1 saturated carbocycles. The second-order valence-corrected chi connectivity index (χ2v) is 7.01. The summed E-state index contributed by atoms with van der Waals surface area (Å²) in [6.45, 7) is 3.69. The van der Waals surface area contributed by atoms with Crippen LogP contribution >= 0.6 is 0 Å². The molecule has 0 bridgehead atoms. The summed E-state index contributed by atoms with van der Waals surface area (Å²) in [7, 11) is 1.54. The van der Waals surface area contributed by atoms with Gasteiger partial charge in [-0.1, -0.05) is 26.7 Å². The van der Waals surface area contributed by atoms with Crippen molar-refractivity contribution in [3.05, 3.63) is 29.8 Å². The van der Waals surface area contributed by atoms with Crippen LogP contribution in [0.3, 0.4) is 0 Å². The van der Waals surface area contributed by atoms with Gasteiger partial charge in [0.2, 0.25) is 0 Å². The van der Waals surface area contributed by atoms with Crippen LogP contribution in [0, 0.1) is 11.8 Å². The summed E-state index contributed by atoms with van der Waals surface area (Å²) in [5, 5.41) is 5.41. The molecule has 0 aromatic heterocycles. The van der Waals surface area contributed by atoms with Crippen molar-refractivity contribution in [1.29, 1.82) is 0 Å². The maximum Gasteiger partial charge on any atom is 0.325 e. The molecule has 0 heterocycles. The fourth-order valence-corrected chi connectivity index (χ4v) is 3.23. The van der Waals surface area contributed by atoms with Crippen molar-refractivity contribution in [2.24, 2.45) is 11.8 Å². The van der Waals surface area contributed by atoms with E-state index >= 15 is 0 Å². The highest BCUT2D eigenvalue weighted by Crippen LogP contribution is 2.29. The monoisotopic (exact) mass is 376 g/mol. The predicted molar refractivity (Wildman–Crippen MR) is 100 cm³/mol. The van der Waals surface area contributed by atoms with Crippen LogP contribution in [0.5, 0.6) is 5.75 Å². The fourth-order valence-electron chi connectivity index (χ4n) is 3.23. The van der Waals surface area contributed by atoms with Crippen LogP contribution in [0.15, 0.2) is 24.3 Å². The molecular formula is C20H28N2O5. The van der Waals surface area contributed by atoms with E-state index in [4.69, 9.17) is 9.47 Å². The van der Waals surface area contributed by atoms with Gasteiger partial charge in [-0.05, 0) is 42.5 Å². The number of methoxy groups -OCH3 is 1. The minimum atomic E-state index is -0.655. The zero-order valence-corrected chi connectivity index (χ0v) is 16.1. The van der Waals surface area contributed by atoms with Gasteiger partial charge < -0.3 is 20.1 Å². The van der Waals surface area contributed by atoms with Crippen LogP contribution in [0.4, 0.5) is 0 Å². The molecule has 1 aliphatic carbocycles. The first-order chi connectivity index (χ1) is 12.9. The molecule has 0 saturated heterocycles. The number of hydrogen-bond acceptors (Lipinski definition) is 5. The molecule has 7 heteroatoms. The normalized spacial score (nSPS) is 21.8. The zero-order valence-electron chi connectivity index (χ0n) is 16.1. The third-order valence-corrected chi connectivity index (χ3v) is 5.16. The quantitative estimate of drug-likeness (QED) is 0.709. The van der Waals surface area contributed by atoms with Gasteiger partial charge in [-0.3, -0.25) is 14.4 Å². The van der Waals surface area contributed by atoms with Crippen LogP contribution in [-0.4, -0.2) is 44.1 Å². The molecule has 0 unspecified atom stereocenters. The van der Waals surface area contributed by atoms with Gasteiger partial charge >= 0.3 is 5.97 Å². The Morgan fingerprint density at radius 1 is 1.11 bits per heavy atom. The first-order valence-electron chi connectivity index (χ1n) is 9.28. The van der Waals surface area contributed by atoms with Crippen molar-refractivity contribution >= 4 is 17.8 Å². The molecule has 1 aliphatic rings. The lowest BCUT2D eigenvalue weighted by atomic mass is 9.78. The fraction of sp³-hybridized carbons (Fsp3) is 0.550. The largest absolute Gasteiger partial charge is 0.497 e. The maximum absolute atomic E-state index is 12.0. The van der Waals surface area contributed by atoms with Crippen LogP contribution in [-0.2, 0) is 14.3 Å². The topological polar surface area (TPSA) is 93.7 Å². The molecule has 3 atom stereocenters. The number of benzene rings is 1. The minimum absolute atomic E-state index is 0.120. The highest BCUT2D eigenvalue weighted by molar-refractivity contribution is 5.96. The van der Waals surface area contributed by atoms with Gasteiger partial charge in [0.05, 0.1) is 7.11 Å². The molecule has 1 fully saturated rings. The zero-order chi connectivity index (χ0) is 19.8. The van der Waals surface area contributed by atoms with E-state index in [2.05, 4.69) is 24.5 Å². The van der Waals surface area contributed by atoms with Crippen molar-refractivity contribution < 1.29 is 23.9 Å². The number of hydrogen-bond donors (Lipinski definition) is 2. The Hall–Kier alpha value is -2.57. The number of esters is 1. The SMILES string of the molecule is COc1ccc(C(=O)NCC(=O)OCC(=O)N[C@H]2CCC[C@H](C)[C@H]2C)cc1. The predicted octanol–water partition coefficient (Wildman–Crippen LogP) is 1.91. The molecule has 1 aromatic rings. The van der Waals surface area contributed by atoms with Gasteiger partial charge in [0, 0.05) is 11.6 Å². The van der Waals surface area contributed by atoms with Crippen molar-refractivity contribution in [2.75, 3.05) is 20.3 Å². The Balaban J connectivity index is 1.69. The molecular weight excluding hydrogens is 348 g/mol. The van der Waals surface area contributed by atoms with E-state index in [1.807, 2.05) is 0 Å². The van der Waals surface area contributed by atoms with E-state index in [1.54, 1.807) is 24.3 Å². The van der Waals surface area contributed by atoms with Crippen LogP contribution in [0.1, 0.15) is 43.5 Å². The summed E-state index contributed by atoms with van der Waals surface area (Å²) < 4.78 is 9.97. The molecule has 0 aliphatic heterocycles. The molecule has 1 aromatic carbocycles. The van der Waals surface area contributed by atoms with E-state index < -0.39 is 11.9 Å². The van der Waals surface area contributed by atoms with E-state index in [0.29, 0.717) is 23.1 Å². The number of carbonyl (C=O) groups is 3. The Bertz CT molecular complexity index is 659. The number of nitrogens with one attached hydrogen (secondary N) is 2. The Kier molecular flexibility index (Phi) is 7.64. The molecule has 0 spiro atoms. The standard InChI is InChI=1S/C20H28N2O5/c1-13-5-4-6-17(14(13)2)22-18(23)12-27-19(24)11-21-20(25)15-7-9-16(26-3)10-8-15/h7-10,13-14,17H,4-6,11-12H2,1-3H3,(H,21,25)(H,22,23)/t13-,14+,17-/m0/s1. The Morgan fingerprint density at radius 3 is 2.48 bits per heavy atom. The molecule has 2 N–H and O–H groups in total. The van der Waals surface area contributed by atoms with Gasteiger partial charge in [-0.15, -0.1) is 0 Å². The van der Waals surface area contributed by atoms with E-state index in [1.165, 1.54) is 13.5 Å². The first-order valence-corrected chi connectivity index (χ1v) is 9.28. The summed E-state index contributed by atoms with van der Waals surface area (Å²) in [6, 6.07) is 6.63. The van der Waals surface area contributed by atoms with Gasteiger partial charge in [-0.25, -0.2) is 0 Å². The van der Waals surface area contributed by atoms with Crippen LogP contribution < -0.4 is 15.4 Å². The van der Waals surface area contributed by atoms with Crippen molar-refractivity contribution in [2.45, 2.75) is 39.2 Å². The second kappa shape index (κ2) is 9.94. The van der Waals surface area contributed by atoms with E-state index in [-0.39, 0.29) is 25.1 Å². The van der Waals surface area contributed by atoms with E-state index in [0.717, 1.165) is 12.8 Å². The van der Waals surface area contributed by atoms with Crippen molar-refractivity contribution in [3.63, 3.8) is 0 Å². The Morgan fingerprint density at radius 2 is 1.81 bits per heavy atom. The van der Waals surface area contributed by atoms with Crippen molar-refractivity contribution in [1.82, 2.24) is 10.6 Å². The summed E-state index contributed by atoms with van der Waals surface area (Å²) in [6.07, 6.45) is 3.22. The van der Waals surface area contributed by atoms with Gasteiger partial charge in [0.25, 0.3) is 11.8 Å². The van der Waals surface area contributed by atoms with E-state index in [9.17, 15) is 14.4 Å². The molecule has 2 amide bonds. The highest BCUT2D eigenvalue weighted by Gasteiger charge is 2.28. The lowest BCUT2D eigenvalue weighted by Crippen LogP contribution is -2.45. The first kappa shape index (κ1) is 20.7. The summed E-state index contributed by atoms with van der Waals surface area (Å²) in [4.78, 5) is 35.7. The lowest BCUT2D eigenvalue weighted by Gasteiger charge is -2.34. The summed E-state index contributed by atoms with van der Waals surface area (Å²) in [5.74, 6) is 0.248. The van der Waals surface area contributed by atoms with Gasteiger partial charge in [0.1, 0.15) is 12.3 Å². The van der Waals surface area contributed by atoms with Crippen molar-refractivity contribution in [3.8, 4) is 5.75 Å². The third-order valence-electron chi connectivity index (χ3n) is 5.16. The average Bonchev–Trinajstić information content (AvgIpc) is 2.68. The molecule has 2 rings (SSSR count). The number of ether oxygens (including phenoxy) is 2. The number of carbonyl (C=O) groups excluding carboxylic acids is 3. The molecule has 27 heavy (non-hydrogen) atoms. The van der Waals surface area contributed by atoms with Crippen LogP contribution in [0.2, 0.25) is 0 Å². The molecule has 7 nitrogen and oxygen atoms in total. The third kappa shape index (κ3) is 6.27. The highest BCUT2D eigenvalue weighted by atomic mass is 16.5. The minimum Gasteiger partial charge on any atom is -0.497 e. The number of rotatable bonds is 7.